The molecule has 0 radical (unpaired) electrons. The maximum Gasteiger partial charge on any atom is 0.337 e. The first kappa shape index (κ1) is 18.9. The van der Waals surface area contributed by atoms with Gasteiger partial charge in [-0.1, -0.05) is 23.2 Å². The summed E-state index contributed by atoms with van der Waals surface area (Å²) >= 11 is 11.8. The molecule has 0 saturated heterocycles. The molecule has 0 aliphatic rings. The van der Waals surface area contributed by atoms with E-state index in [0.717, 1.165) is 0 Å². The lowest BCUT2D eigenvalue weighted by molar-refractivity contribution is 0.0600. The van der Waals surface area contributed by atoms with E-state index in [2.05, 4.69) is 15.4 Å². The zero-order valence-electron chi connectivity index (χ0n) is 13.3. The van der Waals surface area contributed by atoms with Crippen LogP contribution in [0.2, 0.25) is 10.0 Å². The number of halogens is 2. The lowest BCUT2D eigenvalue weighted by Gasteiger charge is -2.11. The number of ether oxygens (including phenoxy) is 2. The van der Waals surface area contributed by atoms with E-state index in [0.29, 0.717) is 21.5 Å². The Balaban J connectivity index is 1.81. The number of carbonyl (C=O) groups excluding carboxylic acids is 2. The summed E-state index contributed by atoms with van der Waals surface area (Å²) in [7, 11) is 1.28. The van der Waals surface area contributed by atoms with Crippen molar-refractivity contribution in [2.45, 2.75) is 0 Å². The summed E-state index contributed by atoms with van der Waals surface area (Å²) < 4.78 is 10.1. The number of hydrogen-bond acceptors (Lipinski definition) is 4. The summed E-state index contributed by atoms with van der Waals surface area (Å²) in [6.45, 7) is 0.563. The molecular formula is C17H16Cl2N2O4. The first-order chi connectivity index (χ1) is 12.0. The molecule has 0 atom stereocenters. The highest BCUT2D eigenvalue weighted by Crippen LogP contribution is 2.23. The van der Waals surface area contributed by atoms with Gasteiger partial charge in [0.1, 0.15) is 12.4 Å². The summed E-state index contributed by atoms with van der Waals surface area (Å²) in [4.78, 5) is 23.4. The molecule has 2 aromatic rings. The Bertz CT molecular complexity index is 751. The third kappa shape index (κ3) is 5.85. The Morgan fingerprint density at radius 1 is 1.08 bits per heavy atom. The number of nitrogens with one attached hydrogen (secondary N) is 2. The van der Waals surface area contributed by atoms with E-state index in [1.807, 2.05) is 0 Å². The Kier molecular flexibility index (Phi) is 6.91. The Morgan fingerprint density at radius 3 is 2.48 bits per heavy atom. The summed E-state index contributed by atoms with van der Waals surface area (Å²) in [5.74, 6) is 0.136. The van der Waals surface area contributed by atoms with E-state index in [9.17, 15) is 9.59 Å². The van der Waals surface area contributed by atoms with Gasteiger partial charge in [0.2, 0.25) is 0 Å². The topological polar surface area (TPSA) is 76.7 Å². The van der Waals surface area contributed by atoms with Crippen molar-refractivity contribution in [2.24, 2.45) is 0 Å². The molecule has 0 aliphatic heterocycles. The molecule has 2 aromatic carbocycles. The van der Waals surface area contributed by atoms with E-state index in [4.69, 9.17) is 27.9 Å². The van der Waals surface area contributed by atoms with Gasteiger partial charge in [-0.15, -0.1) is 0 Å². The van der Waals surface area contributed by atoms with Crippen molar-refractivity contribution in [1.82, 2.24) is 5.32 Å². The first-order valence-electron chi connectivity index (χ1n) is 7.30. The number of methoxy groups -OCH3 is 1. The van der Waals surface area contributed by atoms with Crippen molar-refractivity contribution >= 4 is 40.9 Å². The smallest absolute Gasteiger partial charge is 0.337 e. The van der Waals surface area contributed by atoms with Gasteiger partial charge in [-0.3, -0.25) is 0 Å². The van der Waals surface area contributed by atoms with E-state index in [1.54, 1.807) is 24.3 Å². The molecule has 132 valence electrons. The molecule has 0 fully saturated rings. The lowest BCUT2D eigenvalue weighted by Crippen LogP contribution is -2.32. The molecular weight excluding hydrogens is 367 g/mol. The summed E-state index contributed by atoms with van der Waals surface area (Å²) in [6, 6.07) is 10.9. The van der Waals surface area contributed by atoms with Crippen molar-refractivity contribution in [3.63, 3.8) is 0 Å². The van der Waals surface area contributed by atoms with Crippen LogP contribution in [-0.4, -0.2) is 32.3 Å². The highest BCUT2D eigenvalue weighted by molar-refractivity contribution is 6.33. The van der Waals surface area contributed by atoms with Gasteiger partial charge in [0.15, 0.2) is 0 Å². The Morgan fingerprint density at radius 2 is 1.80 bits per heavy atom. The maximum atomic E-state index is 11.9. The zero-order valence-corrected chi connectivity index (χ0v) is 14.9. The van der Waals surface area contributed by atoms with Crippen LogP contribution in [0.25, 0.3) is 0 Å². The van der Waals surface area contributed by atoms with Crippen LogP contribution in [0.5, 0.6) is 5.75 Å². The number of benzene rings is 2. The van der Waals surface area contributed by atoms with Gasteiger partial charge in [0, 0.05) is 5.02 Å². The van der Waals surface area contributed by atoms with Gasteiger partial charge < -0.3 is 20.1 Å². The maximum absolute atomic E-state index is 11.9. The number of rotatable bonds is 6. The quantitative estimate of drug-likeness (QED) is 0.585. The van der Waals surface area contributed by atoms with Crippen LogP contribution in [-0.2, 0) is 4.74 Å². The average molecular weight is 383 g/mol. The Hall–Kier alpha value is -2.44. The van der Waals surface area contributed by atoms with E-state index in [1.165, 1.54) is 25.3 Å². The van der Waals surface area contributed by atoms with Gasteiger partial charge in [0.05, 0.1) is 29.9 Å². The zero-order chi connectivity index (χ0) is 18.2. The summed E-state index contributed by atoms with van der Waals surface area (Å²) in [5.41, 5.74) is 0.592. The molecule has 0 aliphatic carbocycles. The highest BCUT2D eigenvalue weighted by atomic mass is 35.5. The van der Waals surface area contributed by atoms with Crippen LogP contribution in [0.1, 0.15) is 10.4 Å². The standard InChI is InChI=1S/C17H16Cl2N2O4/c1-24-16(22)11-2-7-14(19)15(10-11)21-17(23)20-8-9-25-13-5-3-12(18)4-6-13/h2-7,10H,8-9H2,1H3,(H2,20,21,23). The fraction of sp³-hybridized carbons (Fsp3) is 0.176. The molecule has 0 spiro atoms. The SMILES string of the molecule is COC(=O)c1ccc(Cl)c(NC(=O)NCCOc2ccc(Cl)cc2)c1. The van der Waals surface area contributed by atoms with Crippen LogP contribution in [0.4, 0.5) is 10.5 Å². The minimum Gasteiger partial charge on any atom is -0.492 e. The molecule has 2 N–H and O–H groups in total. The highest BCUT2D eigenvalue weighted by Gasteiger charge is 2.11. The van der Waals surface area contributed by atoms with Crippen molar-refractivity contribution in [2.75, 3.05) is 25.6 Å². The molecule has 0 aromatic heterocycles. The third-order valence-corrected chi connectivity index (χ3v) is 3.69. The predicted octanol–water partition coefficient (Wildman–Crippen LogP) is 3.98. The fourth-order valence-corrected chi connectivity index (χ4v) is 2.19. The predicted molar refractivity (Wildman–Crippen MR) is 96.8 cm³/mol. The minimum atomic E-state index is -0.517. The number of hydrogen-bond donors (Lipinski definition) is 2. The minimum absolute atomic E-state index is 0.281. The summed E-state index contributed by atoms with van der Waals surface area (Å²) in [6.07, 6.45) is 0. The number of anilines is 1. The first-order valence-corrected chi connectivity index (χ1v) is 8.06. The van der Waals surface area contributed by atoms with Crippen molar-refractivity contribution in [3.05, 3.63) is 58.1 Å². The second-order valence-corrected chi connectivity index (χ2v) is 5.71. The summed E-state index contributed by atoms with van der Waals surface area (Å²) in [5, 5.41) is 6.13. The van der Waals surface area contributed by atoms with Gasteiger partial charge in [-0.05, 0) is 42.5 Å². The largest absolute Gasteiger partial charge is 0.492 e. The van der Waals surface area contributed by atoms with Crippen molar-refractivity contribution < 1.29 is 19.1 Å². The van der Waals surface area contributed by atoms with Gasteiger partial charge in [0.25, 0.3) is 0 Å². The second kappa shape index (κ2) is 9.15. The van der Waals surface area contributed by atoms with Gasteiger partial charge in [-0.25, -0.2) is 9.59 Å². The van der Waals surface area contributed by atoms with Crippen LogP contribution in [0.3, 0.4) is 0 Å². The van der Waals surface area contributed by atoms with E-state index >= 15 is 0 Å². The van der Waals surface area contributed by atoms with Gasteiger partial charge in [-0.2, -0.15) is 0 Å². The van der Waals surface area contributed by atoms with E-state index in [-0.39, 0.29) is 18.7 Å². The fourth-order valence-electron chi connectivity index (χ4n) is 1.90. The number of carbonyl (C=O) groups is 2. The normalized spacial score (nSPS) is 10.0. The Labute approximate surface area is 155 Å². The molecule has 8 heteroatoms. The van der Waals surface area contributed by atoms with Crippen LogP contribution < -0.4 is 15.4 Å². The second-order valence-electron chi connectivity index (χ2n) is 4.87. The molecule has 0 unspecified atom stereocenters. The van der Waals surface area contributed by atoms with Crippen LogP contribution in [0.15, 0.2) is 42.5 Å². The van der Waals surface area contributed by atoms with E-state index < -0.39 is 12.0 Å². The monoisotopic (exact) mass is 382 g/mol. The lowest BCUT2D eigenvalue weighted by atomic mass is 10.2. The molecule has 25 heavy (non-hydrogen) atoms. The molecule has 2 amide bonds. The number of urea groups is 1. The van der Waals surface area contributed by atoms with Crippen LogP contribution >= 0.6 is 23.2 Å². The molecule has 0 saturated carbocycles. The van der Waals surface area contributed by atoms with Crippen LogP contribution in [0, 0.1) is 0 Å². The number of amides is 2. The van der Waals surface area contributed by atoms with Crippen molar-refractivity contribution in [1.29, 1.82) is 0 Å². The molecule has 2 rings (SSSR count). The van der Waals surface area contributed by atoms with Gasteiger partial charge >= 0.3 is 12.0 Å². The third-order valence-electron chi connectivity index (χ3n) is 3.11. The average Bonchev–Trinajstić information content (AvgIpc) is 2.61. The molecule has 0 bridgehead atoms. The molecule has 0 heterocycles. The van der Waals surface area contributed by atoms with Crippen molar-refractivity contribution in [3.8, 4) is 5.75 Å². The molecule has 6 nitrogen and oxygen atoms in total. The number of esters is 1.